The zero-order chi connectivity index (χ0) is 46.7. The number of hydrogen-bond donors (Lipinski definition) is 4. The van der Waals surface area contributed by atoms with Crippen LogP contribution in [0.1, 0.15) is 141 Å². The molecule has 8 rings (SSSR count). The van der Waals surface area contributed by atoms with Crippen molar-refractivity contribution >= 4 is 51.9 Å². The number of benzene rings is 3. The maximum atomic E-state index is 13.1. The summed E-state index contributed by atoms with van der Waals surface area (Å²) in [4.78, 5) is 73.1. The second kappa shape index (κ2) is 17.1. The summed E-state index contributed by atoms with van der Waals surface area (Å²) in [5.41, 5.74) is 20.2. The number of amides is 2. The summed E-state index contributed by atoms with van der Waals surface area (Å²) in [6, 6.07) is 21.5. The van der Waals surface area contributed by atoms with E-state index in [0.29, 0.717) is 24.5 Å². The SMILES string of the molecule is CC(C)=C(C(=O)OC(N)=O)N1CCCC1c1nc2ccc(C3CC(C)[C@@](C)(c4ccc5nc(C6CCCN6C(C(=O)OC(N)=O)=C(C)C)[nH]c5c4)N3c3ccc(C(C)(C)C)cc3)cc2[nH]1. The molecule has 3 aromatic carbocycles. The average molecular weight is 884 g/mol. The van der Waals surface area contributed by atoms with Gasteiger partial charge in [0.1, 0.15) is 23.0 Å². The third-order valence-electron chi connectivity index (χ3n) is 13.8. The summed E-state index contributed by atoms with van der Waals surface area (Å²) >= 11 is 0. The largest absolute Gasteiger partial charge is 0.412 e. The number of rotatable bonds is 9. The van der Waals surface area contributed by atoms with Gasteiger partial charge in [0.15, 0.2) is 0 Å². The van der Waals surface area contributed by atoms with E-state index in [1.807, 2.05) is 37.5 Å². The highest BCUT2D eigenvalue weighted by Gasteiger charge is 2.50. The fraction of sp³-hybridized carbons (Fsp3) is 0.440. The van der Waals surface area contributed by atoms with Gasteiger partial charge in [-0.1, -0.05) is 52.0 Å². The molecule has 5 aromatic rings. The van der Waals surface area contributed by atoms with Gasteiger partial charge < -0.3 is 45.6 Å². The van der Waals surface area contributed by atoms with Crippen molar-refractivity contribution in [3.8, 4) is 0 Å². The molecule has 2 amide bonds. The van der Waals surface area contributed by atoms with Gasteiger partial charge in [-0.3, -0.25) is 0 Å². The average Bonchev–Trinajstić information content (AvgIpc) is 4.07. The summed E-state index contributed by atoms with van der Waals surface area (Å²) in [5, 5.41) is 0. The van der Waals surface area contributed by atoms with Crippen molar-refractivity contribution in [1.82, 2.24) is 29.7 Å². The number of aromatic amines is 2. The number of nitrogens with zero attached hydrogens (tertiary/aromatic N) is 5. The number of carbonyl (C=O) groups is 4. The molecule has 6 N–H and O–H groups in total. The van der Waals surface area contributed by atoms with E-state index in [0.717, 1.165) is 93.8 Å². The Labute approximate surface area is 379 Å². The molecule has 3 saturated heterocycles. The van der Waals surface area contributed by atoms with E-state index < -0.39 is 29.7 Å². The number of H-pyrrole nitrogens is 2. The topological polar surface area (TPSA) is 206 Å². The standard InChI is InChI=1S/C50H61N9O6/c1-27(2)41(45(60)64-47(51)62)57-22-10-12-38(57)43-53-34-20-14-30(25-36(34)55-43)40-24-29(5)50(9,59(40)33-18-15-31(16-19-33)49(6,7)8)32-17-21-35-37(26-32)56-44(54-35)39-13-11-23-58(39)42(28(3)4)46(61)65-48(52)63/h14-21,25-26,29,38-40H,10-13,22-24H2,1-9H3,(H2,51,62)(H2,52,63)(H,53,55)(H,54,56)/t29?,38?,39?,40?,50-/m0/s1. The molecule has 65 heavy (non-hydrogen) atoms. The lowest BCUT2D eigenvalue weighted by molar-refractivity contribution is -0.135. The Hall–Kier alpha value is -6.64. The van der Waals surface area contributed by atoms with Gasteiger partial charge >= 0.3 is 24.1 Å². The minimum Gasteiger partial charge on any atom is -0.372 e. The molecular formula is C50H61N9O6. The lowest BCUT2D eigenvalue weighted by atomic mass is 9.80. The zero-order valence-electron chi connectivity index (χ0n) is 38.9. The molecule has 2 aromatic heterocycles. The molecule has 5 atom stereocenters. The first kappa shape index (κ1) is 44.9. The number of imidazole rings is 2. The number of primary amides is 2. The molecule has 5 heterocycles. The van der Waals surface area contributed by atoms with Gasteiger partial charge in [-0.15, -0.1) is 0 Å². The van der Waals surface area contributed by atoms with E-state index in [-0.39, 0.29) is 29.5 Å². The van der Waals surface area contributed by atoms with Crippen molar-refractivity contribution < 1.29 is 28.7 Å². The summed E-state index contributed by atoms with van der Waals surface area (Å²) < 4.78 is 9.68. The zero-order valence-corrected chi connectivity index (χ0v) is 38.9. The van der Waals surface area contributed by atoms with E-state index in [2.05, 4.69) is 110 Å². The normalized spacial score (nSPS) is 22.1. The Balaban J connectivity index is 1.16. The predicted molar refractivity (Wildman–Crippen MR) is 249 cm³/mol. The molecule has 4 unspecified atom stereocenters. The fourth-order valence-electron chi connectivity index (χ4n) is 10.6. The number of fused-ring (bicyclic) bond motifs is 2. The van der Waals surface area contributed by atoms with E-state index >= 15 is 0 Å². The van der Waals surface area contributed by atoms with Crippen LogP contribution in [0.5, 0.6) is 0 Å². The van der Waals surface area contributed by atoms with Gasteiger partial charge in [0.25, 0.3) is 0 Å². The summed E-state index contributed by atoms with van der Waals surface area (Å²) in [6.45, 7) is 19.9. The molecule has 0 aliphatic carbocycles. The lowest BCUT2D eigenvalue weighted by Gasteiger charge is -2.43. The van der Waals surface area contributed by atoms with Crippen LogP contribution in [0.4, 0.5) is 15.3 Å². The van der Waals surface area contributed by atoms with Gasteiger partial charge in [0.2, 0.25) is 0 Å². The number of carbonyl (C=O) groups excluding carboxylic acids is 4. The molecule has 0 spiro atoms. The number of nitrogens with one attached hydrogen (secondary N) is 2. The van der Waals surface area contributed by atoms with Gasteiger partial charge in [0.05, 0.1) is 45.7 Å². The molecule has 0 saturated carbocycles. The molecule has 15 nitrogen and oxygen atoms in total. The fourth-order valence-corrected chi connectivity index (χ4v) is 10.6. The number of nitrogens with two attached hydrogens (primary N) is 2. The number of hydrogen-bond acceptors (Lipinski definition) is 11. The van der Waals surface area contributed by atoms with Crippen LogP contribution in [0.2, 0.25) is 0 Å². The Morgan fingerprint density at radius 1 is 0.708 bits per heavy atom. The molecule has 0 bridgehead atoms. The molecule has 342 valence electrons. The minimum atomic E-state index is -1.14. The third kappa shape index (κ3) is 8.32. The van der Waals surface area contributed by atoms with E-state index in [1.54, 1.807) is 0 Å². The maximum Gasteiger partial charge on any atom is 0.412 e. The quantitative estimate of drug-likeness (QED) is 0.0623. The Morgan fingerprint density at radius 3 is 1.68 bits per heavy atom. The van der Waals surface area contributed by atoms with Gasteiger partial charge in [-0.25, -0.2) is 29.1 Å². The Kier molecular flexibility index (Phi) is 11.8. The van der Waals surface area contributed by atoms with Crippen LogP contribution in [0.25, 0.3) is 22.1 Å². The smallest absolute Gasteiger partial charge is 0.372 e. The third-order valence-corrected chi connectivity index (χ3v) is 13.8. The Morgan fingerprint density at radius 2 is 1.20 bits per heavy atom. The monoisotopic (exact) mass is 883 g/mol. The molecular weight excluding hydrogens is 823 g/mol. The van der Waals surface area contributed by atoms with Crippen LogP contribution in [-0.4, -0.2) is 67.0 Å². The summed E-state index contributed by atoms with van der Waals surface area (Å²) in [7, 11) is 0. The van der Waals surface area contributed by atoms with Crippen molar-refractivity contribution in [1.29, 1.82) is 0 Å². The van der Waals surface area contributed by atoms with Crippen LogP contribution in [0.15, 0.2) is 83.2 Å². The van der Waals surface area contributed by atoms with Gasteiger partial charge in [-0.2, -0.15) is 0 Å². The first-order valence-corrected chi connectivity index (χ1v) is 22.6. The summed E-state index contributed by atoms with van der Waals surface area (Å²) in [5.74, 6) is 0.176. The van der Waals surface area contributed by atoms with Crippen LogP contribution < -0.4 is 16.4 Å². The molecule has 3 aliphatic rings. The minimum absolute atomic E-state index is 0.00168. The molecule has 3 aliphatic heterocycles. The van der Waals surface area contributed by atoms with Crippen molar-refractivity contribution in [2.75, 3.05) is 18.0 Å². The number of likely N-dealkylation sites (tertiary alicyclic amines) is 2. The highest BCUT2D eigenvalue weighted by atomic mass is 16.6. The van der Waals surface area contributed by atoms with E-state index in [1.165, 1.54) is 5.56 Å². The number of allylic oxidation sites excluding steroid dienone is 2. The van der Waals surface area contributed by atoms with Crippen molar-refractivity contribution in [3.63, 3.8) is 0 Å². The number of anilines is 1. The van der Waals surface area contributed by atoms with Gasteiger partial charge in [-0.05, 0) is 142 Å². The second-order valence-corrected chi connectivity index (χ2v) is 19.5. The van der Waals surface area contributed by atoms with Crippen molar-refractivity contribution in [3.05, 3.63) is 112 Å². The highest BCUT2D eigenvalue weighted by molar-refractivity contribution is 5.96. The van der Waals surface area contributed by atoms with Crippen LogP contribution >= 0.6 is 0 Å². The first-order valence-electron chi connectivity index (χ1n) is 22.6. The second-order valence-electron chi connectivity index (χ2n) is 19.5. The van der Waals surface area contributed by atoms with Crippen molar-refractivity contribution in [2.24, 2.45) is 17.4 Å². The van der Waals surface area contributed by atoms with E-state index in [4.69, 9.17) is 30.9 Å². The first-order chi connectivity index (χ1) is 30.8. The number of ether oxygens (including phenoxy) is 2. The molecule has 15 heteroatoms. The highest BCUT2D eigenvalue weighted by Crippen LogP contribution is 2.55. The Bertz CT molecular complexity index is 2750. The molecule has 0 radical (unpaired) electrons. The molecule has 3 fully saturated rings. The lowest BCUT2D eigenvalue weighted by Crippen LogP contribution is -2.43. The maximum absolute atomic E-state index is 13.1. The summed E-state index contributed by atoms with van der Waals surface area (Å²) in [6.07, 6.45) is 1.82. The van der Waals surface area contributed by atoms with Crippen LogP contribution in [0, 0.1) is 5.92 Å². The number of esters is 2. The van der Waals surface area contributed by atoms with Crippen molar-refractivity contribution in [2.45, 2.75) is 123 Å². The van der Waals surface area contributed by atoms with Gasteiger partial charge in [0, 0.05) is 18.8 Å². The van der Waals surface area contributed by atoms with Crippen LogP contribution in [-0.2, 0) is 30.0 Å². The van der Waals surface area contributed by atoms with Crippen LogP contribution in [0.3, 0.4) is 0 Å². The predicted octanol–water partition coefficient (Wildman–Crippen LogP) is 9.35. The van der Waals surface area contributed by atoms with E-state index in [9.17, 15) is 19.2 Å². The number of aromatic nitrogens is 4.